The predicted octanol–water partition coefficient (Wildman–Crippen LogP) is 1.77. The molecule has 0 amide bonds. The number of nitrogens with one attached hydrogen (secondary N) is 1. The molecule has 1 aromatic carbocycles. The third-order valence-corrected chi connectivity index (χ3v) is 3.37. The fraction of sp³-hybridized carbons (Fsp3) is 0.462. The second-order valence-corrected chi connectivity index (χ2v) is 4.49. The van der Waals surface area contributed by atoms with Gasteiger partial charge in [-0.05, 0) is 13.1 Å². The lowest BCUT2D eigenvalue weighted by atomic mass is 9.76. The molecule has 0 aromatic heterocycles. The number of nitrogens with zero attached hydrogens (tertiary/aromatic N) is 1. The molecule has 1 aliphatic rings. The molecule has 0 radical (unpaired) electrons. The van der Waals surface area contributed by atoms with Crippen molar-refractivity contribution in [3.05, 3.63) is 29.3 Å². The SMILES string of the molecule is CNC(c1cc(F)c(OC)cc1F)C1(C#N)COC1. The average Bonchev–Trinajstić information content (AvgIpc) is 2.36. The highest BCUT2D eigenvalue weighted by Crippen LogP contribution is 2.41. The van der Waals surface area contributed by atoms with Gasteiger partial charge in [-0.3, -0.25) is 0 Å². The van der Waals surface area contributed by atoms with Crippen molar-refractivity contribution >= 4 is 0 Å². The molecular weight excluding hydrogens is 254 g/mol. The Balaban J connectivity index is 2.45. The number of rotatable bonds is 4. The topological polar surface area (TPSA) is 54.3 Å². The van der Waals surface area contributed by atoms with Gasteiger partial charge in [-0.1, -0.05) is 0 Å². The molecule has 0 saturated carbocycles. The highest BCUT2D eigenvalue weighted by molar-refractivity contribution is 5.35. The fourth-order valence-corrected chi connectivity index (χ4v) is 2.27. The van der Waals surface area contributed by atoms with Crippen LogP contribution in [0.4, 0.5) is 8.78 Å². The van der Waals surface area contributed by atoms with Crippen LogP contribution in [0, 0.1) is 28.4 Å². The maximum atomic E-state index is 14.0. The summed E-state index contributed by atoms with van der Waals surface area (Å²) in [6.07, 6.45) is 0. The normalized spacial score (nSPS) is 18.3. The number of benzene rings is 1. The van der Waals surface area contributed by atoms with Gasteiger partial charge in [-0.2, -0.15) is 5.26 Å². The van der Waals surface area contributed by atoms with Crippen molar-refractivity contribution in [2.75, 3.05) is 27.4 Å². The van der Waals surface area contributed by atoms with Gasteiger partial charge in [0, 0.05) is 11.6 Å². The van der Waals surface area contributed by atoms with E-state index in [9.17, 15) is 14.0 Å². The number of ether oxygens (including phenoxy) is 2. The number of hydrogen-bond donors (Lipinski definition) is 1. The zero-order valence-corrected chi connectivity index (χ0v) is 10.7. The minimum atomic E-state index is -0.864. The summed E-state index contributed by atoms with van der Waals surface area (Å²) in [6.45, 7) is 0.393. The molecule has 1 saturated heterocycles. The lowest BCUT2D eigenvalue weighted by Gasteiger charge is -2.41. The van der Waals surface area contributed by atoms with Gasteiger partial charge in [-0.25, -0.2) is 8.78 Å². The molecule has 1 N–H and O–H groups in total. The molecule has 0 aliphatic carbocycles. The van der Waals surface area contributed by atoms with E-state index in [0.29, 0.717) is 0 Å². The Morgan fingerprint density at radius 3 is 2.53 bits per heavy atom. The van der Waals surface area contributed by atoms with Gasteiger partial charge in [0.05, 0.1) is 32.4 Å². The van der Waals surface area contributed by atoms with Crippen molar-refractivity contribution in [1.82, 2.24) is 5.32 Å². The minimum Gasteiger partial charge on any atom is -0.494 e. The van der Waals surface area contributed by atoms with Crippen LogP contribution in [0.2, 0.25) is 0 Å². The maximum Gasteiger partial charge on any atom is 0.165 e. The van der Waals surface area contributed by atoms with Gasteiger partial charge < -0.3 is 14.8 Å². The molecule has 6 heteroatoms. The van der Waals surface area contributed by atoms with E-state index in [1.807, 2.05) is 0 Å². The average molecular weight is 268 g/mol. The van der Waals surface area contributed by atoms with Crippen LogP contribution in [-0.4, -0.2) is 27.4 Å². The minimum absolute atomic E-state index is 0.102. The first-order valence-electron chi connectivity index (χ1n) is 5.77. The van der Waals surface area contributed by atoms with Crippen molar-refractivity contribution in [1.29, 1.82) is 5.26 Å². The molecule has 1 aliphatic heterocycles. The van der Waals surface area contributed by atoms with E-state index in [1.165, 1.54) is 7.11 Å². The summed E-state index contributed by atoms with van der Waals surface area (Å²) in [5.41, 5.74) is -0.762. The first kappa shape index (κ1) is 13.7. The van der Waals surface area contributed by atoms with Crippen LogP contribution < -0.4 is 10.1 Å². The Hall–Kier alpha value is -1.71. The summed E-state index contributed by atoms with van der Waals surface area (Å²) in [7, 11) is 2.87. The lowest BCUT2D eigenvalue weighted by Crippen LogP contribution is -2.50. The second kappa shape index (κ2) is 5.11. The van der Waals surface area contributed by atoms with Crippen molar-refractivity contribution in [3.63, 3.8) is 0 Å². The maximum absolute atomic E-state index is 14.0. The highest BCUT2D eigenvalue weighted by Gasteiger charge is 2.47. The Morgan fingerprint density at radius 1 is 1.42 bits per heavy atom. The molecule has 19 heavy (non-hydrogen) atoms. The quantitative estimate of drug-likeness (QED) is 0.904. The van der Waals surface area contributed by atoms with Crippen molar-refractivity contribution in [2.45, 2.75) is 6.04 Å². The van der Waals surface area contributed by atoms with E-state index in [0.717, 1.165) is 12.1 Å². The van der Waals surface area contributed by atoms with E-state index in [1.54, 1.807) is 7.05 Å². The first-order chi connectivity index (χ1) is 9.07. The van der Waals surface area contributed by atoms with Crippen molar-refractivity contribution in [3.8, 4) is 11.8 Å². The van der Waals surface area contributed by atoms with Crippen LogP contribution in [0.3, 0.4) is 0 Å². The Morgan fingerprint density at radius 2 is 2.11 bits per heavy atom. The van der Waals surface area contributed by atoms with E-state index < -0.39 is 23.1 Å². The van der Waals surface area contributed by atoms with Crippen LogP contribution >= 0.6 is 0 Å². The molecule has 0 bridgehead atoms. The fourth-order valence-electron chi connectivity index (χ4n) is 2.27. The zero-order chi connectivity index (χ0) is 14.0. The molecule has 4 nitrogen and oxygen atoms in total. The van der Waals surface area contributed by atoms with Crippen LogP contribution in [0.5, 0.6) is 5.75 Å². The van der Waals surface area contributed by atoms with Gasteiger partial charge in [-0.15, -0.1) is 0 Å². The lowest BCUT2D eigenvalue weighted by molar-refractivity contribution is -0.0969. The van der Waals surface area contributed by atoms with Crippen LogP contribution in [0.25, 0.3) is 0 Å². The molecule has 2 rings (SSSR count). The molecule has 1 heterocycles. The summed E-state index contributed by atoms with van der Waals surface area (Å²) in [4.78, 5) is 0. The summed E-state index contributed by atoms with van der Waals surface area (Å²) >= 11 is 0. The molecule has 1 fully saturated rings. The van der Waals surface area contributed by atoms with Gasteiger partial charge in [0.1, 0.15) is 11.2 Å². The number of methoxy groups -OCH3 is 1. The Labute approximate surface area is 109 Å². The van der Waals surface area contributed by atoms with Crippen LogP contribution in [-0.2, 0) is 4.74 Å². The van der Waals surface area contributed by atoms with Crippen LogP contribution in [0.1, 0.15) is 11.6 Å². The summed E-state index contributed by atoms with van der Waals surface area (Å²) in [5.74, 6) is -1.43. The smallest absolute Gasteiger partial charge is 0.165 e. The monoisotopic (exact) mass is 268 g/mol. The molecular formula is C13H14F2N2O2. The molecule has 102 valence electrons. The van der Waals surface area contributed by atoms with Gasteiger partial charge in [0.2, 0.25) is 0 Å². The number of hydrogen-bond acceptors (Lipinski definition) is 4. The highest BCUT2D eigenvalue weighted by atomic mass is 19.1. The zero-order valence-electron chi connectivity index (χ0n) is 10.7. The summed E-state index contributed by atoms with van der Waals surface area (Å²) in [6, 6.07) is 3.55. The Bertz CT molecular complexity index is 524. The molecule has 1 aromatic rings. The molecule has 1 unspecified atom stereocenters. The largest absolute Gasteiger partial charge is 0.494 e. The van der Waals surface area contributed by atoms with E-state index in [-0.39, 0.29) is 24.5 Å². The van der Waals surface area contributed by atoms with E-state index in [4.69, 9.17) is 9.47 Å². The van der Waals surface area contributed by atoms with E-state index in [2.05, 4.69) is 11.4 Å². The van der Waals surface area contributed by atoms with Crippen molar-refractivity contribution < 1.29 is 18.3 Å². The number of halogens is 2. The van der Waals surface area contributed by atoms with Crippen molar-refractivity contribution in [2.24, 2.45) is 5.41 Å². The molecule has 0 spiro atoms. The van der Waals surface area contributed by atoms with Gasteiger partial charge in [0.15, 0.2) is 11.6 Å². The van der Waals surface area contributed by atoms with Crippen LogP contribution in [0.15, 0.2) is 12.1 Å². The van der Waals surface area contributed by atoms with Gasteiger partial charge >= 0.3 is 0 Å². The van der Waals surface area contributed by atoms with E-state index >= 15 is 0 Å². The third kappa shape index (κ3) is 2.15. The second-order valence-electron chi connectivity index (χ2n) is 4.49. The summed E-state index contributed by atoms with van der Waals surface area (Å²) < 4.78 is 37.5. The standard InChI is InChI=1S/C13H14F2N2O2/c1-17-12(13(5-16)6-19-7-13)8-3-10(15)11(18-2)4-9(8)14/h3-4,12,17H,6-7H2,1-2H3. The third-order valence-electron chi connectivity index (χ3n) is 3.37. The van der Waals surface area contributed by atoms with Gasteiger partial charge in [0.25, 0.3) is 0 Å². The number of nitriles is 1. The Kier molecular flexibility index (Phi) is 3.69. The first-order valence-corrected chi connectivity index (χ1v) is 5.77. The summed E-state index contributed by atoms with van der Waals surface area (Å²) in [5, 5.41) is 12.1. The molecule has 1 atom stereocenters. The predicted molar refractivity (Wildman–Crippen MR) is 63.6 cm³/mol.